The maximum absolute atomic E-state index is 5.84. The molecule has 0 aliphatic heterocycles. The van der Waals surface area contributed by atoms with Crippen LogP contribution in [0.3, 0.4) is 0 Å². The summed E-state index contributed by atoms with van der Waals surface area (Å²) in [7, 11) is 0. The Morgan fingerprint density at radius 1 is 1.64 bits per heavy atom. The lowest BCUT2D eigenvalue weighted by molar-refractivity contribution is 0.134. The molecule has 11 heavy (non-hydrogen) atoms. The van der Waals surface area contributed by atoms with Crippen LogP contribution in [0.4, 0.5) is 0 Å². The molecule has 60 valence electrons. The fourth-order valence-electron chi connectivity index (χ4n) is 0.728. The zero-order chi connectivity index (χ0) is 8.10. The van der Waals surface area contributed by atoms with Crippen molar-refractivity contribution in [3.05, 3.63) is 29.0 Å². The molecule has 0 aliphatic carbocycles. The van der Waals surface area contributed by atoms with E-state index in [0.717, 1.165) is 5.56 Å². The molecule has 0 amide bonds. The number of aromatic nitrogens is 1. The molecule has 3 heteroatoms. The van der Waals surface area contributed by atoms with Crippen molar-refractivity contribution in [3.8, 4) is 0 Å². The van der Waals surface area contributed by atoms with E-state index in [9.17, 15) is 0 Å². The molecule has 1 aromatic heterocycles. The molecule has 0 bridgehead atoms. The Morgan fingerprint density at radius 3 is 3.09 bits per heavy atom. The maximum Gasteiger partial charge on any atom is 0.0746 e. The molecule has 0 N–H and O–H groups in total. The molecule has 0 fully saturated rings. The van der Waals surface area contributed by atoms with Gasteiger partial charge in [-0.15, -0.1) is 0 Å². The van der Waals surface area contributed by atoms with E-state index in [0.29, 0.717) is 18.2 Å². The molecular formula is C8H10ClNO. The number of halogens is 1. The van der Waals surface area contributed by atoms with Gasteiger partial charge in [0.2, 0.25) is 0 Å². The quantitative estimate of drug-likeness (QED) is 0.696. The van der Waals surface area contributed by atoms with Gasteiger partial charge in [-0.25, -0.2) is 0 Å². The number of ether oxygens (including phenoxy) is 1. The zero-order valence-corrected chi connectivity index (χ0v) is 7.14. The van der Waals surface area contributed by atoms with Crippen LogP contribution in [-0.4, -0.2) is 11.6 Å². The first-order valence-corrected chi connectivity index (χ1v) is 3.88. The highest BCUT2D eigenvalue weighted by atomic mass is 35.5. The van der Waals surface area contributed by atoms with Crippen LogP contribution in [0.1, 0.15) is 12.5 Å². The second-order valence-electron chi connectivity index (χ2n) is 2.10. The number of rotatable bonds is 3. The van der Waals surface area contributed by atoms with E-state index in [1.807, 2.05) is 6.92 Å². The number of pyridine rings is 1. The fraction of sp³-hybridized carbons (Fsp3) is 0.375. The van der Waals surface area contributed by atoms with Gasteiger partial charge in [0.15, 0.2) is 0 Å². The summed E-state index contributed by atoms with van der Waals surface area (Å²) in [5.74, 6) is 0. The van der Waals surface area contributed by atoms with Crippen molar-refractivity contribution in [1.29, 1.82) is 0 Å². The van der Waals surface area contributed by atoms with Crippen molar-refractivity contribution in [1.82, 2.24) is 4.98 Å². The molecule has 2 nitrogen and oxygen atoms in total. The lowest BCUT2D eigenvalue weighted by Gasteiger charge is -2.01. The summed E-state index contributed by atoms with van der Waals surface area (Å²) >= 11 is 5.84. The largest absolute Gasteiger partial charge is 0.377 e. The summed E-state index contributed by atoms with van der Waals surface area (Å²) in [4.78, 5) is 3.93. The Balaban J connectivity index is 2.62. The van der Waals surface area contributed by atoms with Gasteiger partial charge in [0.1, 0.15) is 0 Å². The average molecular weight is 172 g/mol. The monoisotopic (exact) mass is 171 g/mol. The molecule has 1 rings (SSSR count). The summed E-state index contributed by atoms with van der Waals surface area (Å²) in [5.41, 5.74) is 0.941. The smallest absolute Gasteiger partial charge is 0.0746 e. The van der Waals surface area contributed by atoms with Crippen LogP contribution in [-0.2, 0) is 11.3 Å². The van der Waals surface area contributed by atoms with Crippen molar-refractivity contribution in [2.24, 2.45) is 0 Å². The molecule has 0 saturated heterocycles. The average Bonchev–Trinajstić information content (AvgIpc) is 2.03. The van der Waals surface area contributed by atoms with E-state index in [1.54, 1.807) is 18.5 Å². The minimum absolute atomic E-state index is 0.545. The number of hydrogen-bond donors (Lipinski definition) is 0. The molecular weight excluding hydrogens is 162 g/mol. The van der Waals surface area contributed by atoms with Gasteiger partial charge in [-0.1, -0.05) is 11.6 Å². The Hall–Kier alpha value is -0.600. The first-order chi connectivity index (χ1) is 5.34. The lowest BCUT2D eigenvalue weighted by atomic mass is 10.3. The van der Waals surface area contributed by atoms with E-state index in [2.05, 4.69) is 4.98 Å². The number of nitrogens with zero attached hydrogens (tertiary/aromatic N) is 1. The molecule has 1 aromatic rings. The van der Waals surface area contributed by atoms with Crippen LogP contribution in [0.5, 0.6) is 0 Å². The molecule has 0 spiro atoms. The third-order valence-electron chi connectivity index (χ3n) is 1.31. The maximum atomic E-state index is 5.84. The van der Waals surface area contributed by atoms with E-state index in [4.69, 9.17) is 16.3 Å². The molecule has 0 aliphatic rings. The minimum Gasteiger partial charge on any atom is -0.377 e. The molecule has 0 radical (unpaired) electrons. The van der Waals surface area contributed by atoms with Crippen molar-refractivity contribution < 1.29 is 4.74 Å². The topological polar surface area (TPSA) is 22.1 Å². The van der Waals surface area contributed by atoms with Crippen molar-refractivity contribution in [3.63, 3.8) is 0 Å². The Kier molecular flexibility index (Phi) is 3.33. The van der Waals surface area contributed by atoms with Gasteiger partial charge >= 0.3 is 0 Å². The van der Waals surface area contributed by atoms with Crippen molar-refractivity contribution in [2.75, 3.05) is 6.61 Å². The van der Waals surface area contributed by atoms with Crippen LogP contribution in [0.2, 0.25) is 5.02 Å². The van der Waals surface area contributed by atoms with Crippen LogP contribution >= 0.6 is 11.6 Å². The second kappa shape index (κ2) is 4.31. The van der Waals surface area contributed by atoms with Gasteiger partial charge < -0.3 is 4.74 Å². The second-order valence-corrected chi connectivity index (χ2v) is 2.51. The first-order valence-electron chi connectivity index (χ1n) is 3.50. The summed E-state index contributed by atoms with van der Waals surface area (Å²) in [6.45, 7) is 3.19. The minimum atomic E-state index is 0.545. The zero-order valence-electron chi connectivity index (χ0n) is 6.38. The SMILES string of the molecule is CCOCc1cnccc1Cl. The van der Waals surface area contributed by atoms with Gasteiger partial charge in [-0.3, -0.25) is 4.98 Å². The molecule has 0 saturated carbocycles. The van der Waals surface area contributed by atoms with E-state index in [1.165, 1.54) is 0 Å². The summed E-state index contributed by atoms with van der Waals surface area (Å²) in [6, 6.07) is 1.76. The van der Waals surface area contributed by atoms with Crippen LogP contribution in [0.25, 0.3) is 0 Å². The van der Waals surface area contributed by atoms with Gasteiger partial charge in [0.05, 0.1) is 6.61 Å². The van der Waals surface area contributed by atoms with Crippen LogP contribution < -0.4 is 0 Å². The summed E-state index contributed by atoms with van der Waals surface area (Å²) < 4.78 is 5.18. The molecule has 1 heterocycles. The van der Waals surface area contributed by atoms with Gasteiger partial charge in [0.25, 0.3) is 0 Å². The lowest BCUT2D eigenvalue weighted by Crippen LogP contribution is -1.92. The fourth-order valence-corrected chi connectivity index (χ4v) is 0.888. The van der Waals surface area contributed by atoms with Crippen molar-refractivity contribution >= 4 is 11.6 Å². The van der Waals surface area contributed by atoms with Crippen LogP contribution in [0.15, 0.2) is 18.5 Å². The van der Waals surface area contributed by atoms with E-state index in [-0.39, 0.29) is 0 Å². The van der Waals surface area contributed by atoms with Gasteiger partial charge in [-0.2, -0.15) is 0 Å². The highest BCUT2D eigenvalue weighted by Crippen LogP contribution is 2.13. The highest BCUT2D eigenvalue weighted by Gasteiger charge is 1.97. The standard InChI is InChI=1S/C8H10ClNO/c1-2-11-6-7-5-10-4-3-8(7)9/h3-5H,2,6H2,1H3. The predicted molar refractivity (Wildman–Crippen MR) is 44.6 cm³/mol. The first kappa shape index (κ1) is 8.50. The predicted octanol–water partition coefficient (Wildman–Crippen LogP) is 2.27. The van der Waals surface area contributed by atoms with Crippen molar-refractivity contribution in [2.45, 2.75) is 13.5 Å². The third-order valence-corrected chi connectivity index (χ3v) is 1.67. The third kappa shape index (κ3) is 2.48. The van der Waals surface area contributed by atoms with E-state index < -0.39 is 0 Å². The molecule has 0 unspecified atom stereocenters. The normalized spacial score (nSPS) is 10.0. The van der Waals surface area contributed by atoms with Crippen LogP contribution in [0, 0.1) is 0 Å². The molecule has 0 aromatic carbocycles. The Labute approximate surface area is 71.2 Å². The molecule has 0 atom stereocenters. The summed E-state index contributed by atoms with van der Waals surface area (Å²) in [5, 5.41) is 0.716. The van der Waals surface area contributed by atoms with Gasteiger partial charge in [0, 0.05) is 29.6 Å². The van der Waals surface area contributed by atoms with Gasteiger partial charge in [-0.05, 0) is 13.0 Å². The Morgan fingerprint density at radius 2 is 2.45 bits per heavy atom. The Bertz CT molecular complexity index is 227. The van der Waals surface area contributed by atoms with E-state index >= 15 is 0 Å². The summed E-state index contributed by atoms with van der Waals surface area (Å²) in [6.07, 6.45) is 3.38. The highest BCUT2D eigenvalue weighted by molar-refractivity contribution is 6.31. The number of hydrogen-bond acceptors (Lipinski definition) is 2.